The van der Waals surface area contributed by atoms with Crippen molar-refractivity contribution >= 4 is 35.2 Å². The number of aryl methyl sites for hydroxylation is 1. The first-order valence-electron chi connectivity index (χ1n) is 8.75. The molecule has 0 aliphatic carbocycles. The van der Waals surface area contributed by atoms with Crippen LogP contribution in [-0.2, 0) is 14.3 Å². The number of nitrogens with one attached hydrogen (secondary N) is 1. The maximum atomic E-state index is 12.1. The van der Waals surface area contributed by atoms with Gasteiger partial charge in [-0.25, -0.2) is 4.79 Å². The fraction of sp³-hybridized carbons (Fsp3) is 0.227. The van der Waals surface area contributed by atoms with Crippen LogP contribution < -0.4 is 5.32 Å². The standard InChI is InChI=1S/C22H21ClN2O3/c1-14(2)17-7-5-16(6-8-17)11-18(12-24)22(27)28-13-21(26)25-20-9-4-15(3)10-19(20)23/h4-11,14H,13H2,1-3H3,(H,25,26)/b18-11+. The van der Waals surface area contributed by atoms with Gasteiger partial charge < -0.3 is 10.1 Å². The molecule has 6 heteroatoms. The zero-order chi connectivity index (χ0) is 20.7. The summed E-state index contributed by atoms with van der Waals surface area (Å²) in [5.74, 6) is -1.02. The molecule has 0 fully saturated rings. The lowest BCUT2D eigenvalue weighted by Gasteiger charge is -2.08. The molecular formula is C22H21ClN2O3. The molecule has 0 aliphatic heterocycles. The van der Waals surface area contributed by atoms with Gasteiger partial charge in [-0.05, 0) is 47.7 Å². The van der Waals surface area contributed by atoms with Gasteiger partial charge in [0.1, 0.15) is 11.6 Å². The molecule has 0 spiro atoms. The highest BCUT2D eigenvalue weighted by Gasteiger charge is 2.14. The number of esters is 1. The van der Waals surface area contributed by atoms with Crippen molar-refractivity contribution in [1.29, 1.82) is 5.26 Å². The molecule has 0 atom stereocenters. The van der Waals surface area contributed by atoms with Crippen LogP contribution in [0.3, 0.4) is 0 Å². The summed E-state index contributed by atoms with van der Waals surface area (Å²) in [5.41, 5.74) is 3.06. The highest BCUT2D eigenvalue weighted by atomic mass is 35.5. The molecule has 0 saturated carbocycles. The van der Waals surface area contributed by atoms with E-state index in [0.717, 1.165) is 11.1 Å². The first kappa shape index (κ1) is 21.2. The van der Waals surface area contributed by atoms with Crippen LogP contribution in [0.25, 0.3) is 6.08 Å². The summed E-state index contributed by atoms with van der Waals surface area (Å²) in [6.07, 6.45) is 1.43. The number of anilines is 1. The monoisotopic (exact) mass is 396 g/mol. The molecular weight excluding hydrogens is 376 g/mol. The summed E-state index contributed by atoms with van der Waals surface area (Å²) in [6.45, 7) is 5.52. The second-order valence-corrected chi connectivity index (χ2v) is 7.01. The topological polar surface area (TPSA) is 79.2 Å². The van der Waals surface area contributed by atoms with E-state index in [9.17, 15) is 14.9 Å². The van der Waals surface area contributed by atoms with E-state index in [2.05, 4.69) is 19.2 Å². The number of carbonyl (C=O) groups is 2. The Morgan fingerprint density at radius 3 is 2.46 bits per heavy atom. The van der Waals surface area contributed by atoms with E-state index in [1.165, 1.54) is 6.08 Å². The minimum Gasteiger partial charge on any atom is -0.451 e. The Labute approximate surface area is 169 Å². The Hall–Kier alpha value is -3.10. The van der Waals surface area contributed by atoms with Gasteiger partial charge in [-0.1, -0.05) is 55.8 Å². The fourth-order valence-corrected chi connectivity index (χ4v) is 2.68. The van der Waals surface area contributed by atoms with Crippen LogP contribution in [0.5, 0.6) is 0 Å². The Bertz CT molecular complexity index is 941. The van der Waals surface area contributed by atoms with Gasteiger partial charge in [0, 0.05) is 0 Å². The molecule has 28 heavy (non-hydrogen) atoms. The van der Waals surface area contributed by atoms with Gasteiger partial charge in [0.25, 0.3) is 5.91 Å². The summed E-state index contributed by atoms with van der Waals surface area (Å²) < 4.78 is 4.94. The maximum absolute atomic E-state index is 12.1. The molecule has 5 nitrogen and oxygen atoms in total. The summed E-state index contributed by atoms with van der Waals surface area (Å²) in [5, 5.41) is 12.2. The van der Waals surface area contributed by atoms with E-state index in [1.54, 1.807) is 18.2 Å². The van der Waals surface area contributed by atoms with Crippen molar-refractivity contribution in [2.75, 3.05) is 11.9 Å². The molecule has 0 saturated heterocycles. The molecule has 1 amide bonds. The highest BCUT2D eigenvalue weighted by Crippen LogP contribution is 2.22. The van der Waals surface area contributed by atoms with Crippen molar-refractivity contribution in [2.45, 2.75) is 26.7 Å². The van der Waals surface area contributed by atoms with Gasteiger partial charge in [-0.3, -0.25) is 4.79 Å². The molecule has 2 rings (SSSR count). The van der Waals surface area contributed by atoms with Crippen molar-refractivity contribution in [1.82, 2.24) is 0 Å². The smallest absolute Gasteiger partial charge is 0.349 e. The van der Waals surface area contributed by atoms with Crippen molar-refractivity contribution in [3.63, 3.8) is 0 Å². The van der Waals surface area contributed by atoms with Crippen LogP contribution in [0.2, 0.25) is 5.02 Å². The summed E-state index contributed by atoms with van der Waals surface area (Å²) >= 11 is 6.06. The Morgan fingerprint density at radius 1 is 1.21 bits per heavy atom. The Kier molecular flexibility index (Phi) is 7.36. The first-order valence-corrected chi connectivity index (χ1v) is 9.13. The second kappa shape index (κ2) is 9.72. The SMILES string of the molecule is Cc1ccc(NC(=O)COC(=O)/C(C#N)=C/c2ccc(C(C)C)cc2)c(Cl)c1. The molecule has 2 aromatic rings. The average Bonchev–Trinajstić information content (AvgIpc) is 2.66. The average molecular weight is 397 g/mol. The summed E-state index contributed by atoms with van der Waals surface area (Å²) in [6, 6.07) is 14.5. The Morgan fingerprint density at radius 2 is 1.89 bits per heavy atom. The van der Waals surface area contributed by atoms with Crippen molar-refractivity contribution in [2.24, 2.45) is 0 Å². The third kappa shape index (κ3) is 5.97. The maximum Gasteiger partial charge on any atom is 0.349 e. The summed E-state index contributed by atoms with van der Waals surface area (Å²) in [7, 11) is 0. The number of carbonyl (C=O) groups excluding carboxylic acids is 2. The fourth-order valence-electron chi connectivity index (χ4n) is 2.40. The number of nitrogens with zero attached hydrogens (tertiary/aromatic N) is 1. The number of hydrogen-bond acceptors (Lipinski definition) is 4. The van der Waals surface area contributed by atoms with Crippen LogP contribution in [0.1, 0.15) is 36.5 Å². The van der Waals surface area contributed by atoms with Crippen molar-refractivity contribution in [3.8, 4) is 6.07 Å². The molecule has 1 N–H and O–H groups in total. The second-order valence-electron chi connectivity index (χ2n) is 6.60. The van der Waals surface area contributed by atoms with Gasteiger partial charge in [0.2, 0.25) is 0 Å². The molecule has 0 heterocycles. The molecule has 0 radical (unpaired) electrons. The normalized spacial score (nSPS) is 11.1. The van der Waals surface area contributed by atoms with E-state index >= 15 is 0 Å². The van der Waals surface area contributed by atoms with Crippen LogP contribution in [-0.4, -0.2) is 18.5 Å². The number of hydrogen-bond donors (Lipinski definition) is 1. The predicted octanol–water partition coefficient (Wildman–Crippen LogP) is 4.86. The van der Waals surface area contributed by atoms with Crippen molar-refractivity contribution in [3.05, 3.63) is 69.8 Å². The van der Waals surface area contributed by atoms with Gasteiger partial charge in [0.05, 0.1) is 10.7 Å². The van der Waals surface area contributed by atoms with Gasteiger partial charge in [-0.2, -0.15) is 5.26 Å². The molecule has 0 bridgehead atoms. The predicted molar refractivity (Wildman–Crippen MR) is 110 cm³/mol. The lowest BCUT2D eigenvalue weighted by atomic mass is 10.0. The zero-order valence-electron chi connectivity index (χ0n) is 16.0. The van der Waals surface area contributed by atoms with E-state index in [1.807, 2.05) is 37.3 Å². The molecule has 144 valence electrons. The van der Waals surface area contributed by atoms with Crippen LogP contribution in [0, 0.1) is 18.3 Å². The molecule has 0 unspecified atom stereocenters. The van der Waals surface area contributed by atoms with Crippen molar-refractivity contribution < 1.29 is 14.3 Å². The number of ether oxygens (including phenoxy) is 1. The minimum absolute atomic E-state index is 0.182. The third-order valence-corrected chi connectivity index (χ3v) is 4.30. The van der Waals surface area contributed by atoms with Crippen LogP contribution >= 0.6 is 11.6 Å². The van der Waals surface area contributed by atoms with E-state index in [0.29, 0.717) is 22.2 Å². The van der Waals surface area contributed by atoms with E-state index in [4.69, 9.17) is 16.3 Å². The lowest BCUT2D eigenvalue weighted by Crippen LogP contribution is -2.21. The number of benzene rings is 2. The van der Waals surface area contributed by atoms with Gasteiger partial charge in [0.15, 0.2) is 6.61 Å². The van der Waals surface area contributed by atoms with E-state index < -0.39 is 18.5 Å². The van der Waals surface area contributed by atoms with Gasteiger partial charge in [-0.15, -0.1) is 0 Å². The van der Waals surface area contributed by atoms with Crippen LogP contribution in [0.4, 0.5) is 5.69 Å². The number of nitriles is 1. The lowest BCUT2D eigenvalue weighted by molar-refractivity contribution is -0.142. The molecule has 2 aromatic carbocycles. The van der Waals surface area contributed by atoms with Gasteiger partial charge >= 0.3 is 5.97 Å². The summed E-state index contributed by atoms with van der Waals surface area (Å²) in [4.78, 5) is 24.1. The molecule has 0 aliphatic rings. The minimum atomic E-state index is -0.861. The van der Waals surface area contributed by atoms with E-state index in [-0.39, 0.29) is 5.57 Å². The highest BCUT2D eigenvalue weighted by molar-refractivity contribution is 6.33. The Balaban J connectivity index is 1.97. The number of halogens is 1. The molecule has 0 aromatic heterocycles. The number of rotatable bonds is 6. The quantitative estimate of drug-likeness (QED) is 0.429. The largest absolute Gasteiger partial charge is 0.451 e. The zero-order valence-corrected chi connectivity index (χ0v) is 16.7. The number of amides is 1. The third-order valence-electron chi connectivity index (χ3n) is 3.99. The first-order chi connectivity index (χ1) is 13.3. The van der Waals surface area contributed by atoms with Crippen LogP contribution in [0.15, 0.2) is 48.0 Å².